The summed E-state index contributed by atoms with van der Waals surface area (Å²) >= 11 is 0. The number of likely N-dealkylation sites (tertiary alicyclic amines) is 2. The molecule has 1 aromatic carbocycles. The molecule has 1 aromatic rings. The lowest BCUT2D eigenvalue weighted by Gasteiger charge is -2.36. The van der Waals surface area contributed by atoms with Gasteiger partial charge in [0, 0.05) is 30.9 Å². The zero-order chi connectivity index (χ0) is 26.2. The molecule has 36 heavy (non-hydrogen) atoms. The number of primary amides is 1. The average molecular weight is 497 g/mol. The van der Waals surface area contributed by atoms with Crippen molar-refractivity contribution < 1.29 is 23.9 Å². The van der Waals surface area contributed by atoms with Crippen LogP contribution in [-0.4, -0.2) is 83.0 Å². The molecule has 3 saturated heterocycles. The van der Waals surface area contributed by atoms with E-state index in [-0.39, 0.29) is 24.4 Å². The number of carbonyl (C=O) groups is 4. The fourth-order valence-electron chi connectivity index (χ4n) is 5.25. The maximum atomic E-state index is 13.4. The minimum absolute atomic E-state index is 0.120. The fraction of sp³-hybridized carbons (Fsp3) is 0.560. The maximum absolute atomic E-state index is 13.4. The first kappa shape index (κ1) is 25.4. The Hall–Kier alpha value is -3.65. The van der Waals surface area contributed by atoms with Crippen molar-refractivity contribution >= 4 is 29.5 Å². The number of nitrogens with one attached hydrogen (secondary N) is 1. The molecule has 0 spiro atoms. The molecule has 0 radical (unpaired) electrons. The second-order valence-electron chi connectivity index (χ2n) is 10.5. The van der Waals surface area contributed by atoms with Crippen LogP contribution < -0.4 is 16.0 Å². The van der Waals surface area contributed by atoms with Crippen molar-refractivity contribution in [2.45, 2.75) is 69.8 Å². The molecule has 11 nitrogen and oxygen atoms in total. The van der Waals surface area contributed by atoms with E-state index in [0.29, 0.717) is 37.2 Å². The normalized spacial score (nSPS) is 24.5. The minimum atomic E-state index is -0.965. The van der Waals surface area contributed by atoms with Crippen molar-refractivity contribution in [1.29, 1.82) is 5.26 Å². The molecule has 4 atom stereocenters. The van der Waals surface area contributed by atoms with Crippen LogP contribution in [0.4, 0.5) is 10.5 Å². The Morgan fingerprint density at radius 1 is 1.31 bits per heavy atom. The summed E-state index contributed by atoms with van der Waals surface area (Å²) < 4.78 is 5.37. The van der Waals surface area contributed by atoms with E-state index in [4.69, 9.17) is 10.5 Å². The molecule has 2 bridgehead atoms. The number of fused-ring (bicyclic) bond motifs is 2. The van der Waals surface area contributed by atoms with Gasteiger partial charge in [-0.25, -0.2) is 4.79 Å². The Morgan fingerprint density at radius 3 is 2.69 bits per heavy atom. The average Bonchev–Trinajstić information content (AvgIpc) is 3.51. The second-order valence-corrected chi connectivity index (χ2v) is 10.5. The highest BCUT2D eigenvalue weighted by molar-refractivity contribution is 6.02. The van der Waals surface area contributed by atoms with Crippen LogP contribution in [0.2, 0.25) is 0 Å². The van der Waals surface area contributed by atoms with E-state index in [1.165, 1.54) is 4.90 Å². The van der Waals surface area contributed by atoms with Crippen LogP contribution in [0, 0.1) is 11.3 Å². The number of amides is 4. The molecular formula is C25H32N6O5. The van der Waals surface area contributed by atoms with Gasteiger partial charge in [0.2, 0.25) is 17.7 Å². The number of piperazine rings is 1. The Kier molecular flexibility index (Phi) is 6.91. The first-order valence-electron chi connectivity index (χ1n) is 12.1. The van der Waals surface area contributed by atoms with Crippen molar-refractivity contribution in [3.63, 3.8) is 0 Å². The number of nitrogens with zero attached hydrogens (tertiary/aromatic N) is 4. The van der Waals surface area contributed by atoms with Crippen molar-refractivity contribution in [1.82, 2.24) is 15.1 Å². The van der Waals surface area contributed by atoms with Crippen molar-refractivity contribution in [2.75, 3.05) is 24.5 Å². The molecule has 3 aliphatic rings. The maximum Gasteiger partial charge on any atom is 0.408 e. The smallest absolute Gasteiger partial charge is 0.408 e. The third-order valence-corrected chi connectivity index (χ3v) is 6.77. The first-order chi connectivity index (χ1) is 17.0. The molecule has 0 unspecified atom stereocenters. The molecule has 3 aliphatic heterocycles. The van der Waals surface area contributed by atoms with Gasteiger partial charge < -0.3 is 25.6 Å². The van der Waals surface area contributed by atoms with Gasteiger partial charge in [-0.1, -0.05) is 6.07 Å². The van der Waals surface area contributed by atoms with Crippen molar-refractivity contribution in [2.24, 2.45) is 5.73 Å². The summed E-state index contributed by atoms with van der Waals surface area (Å²) in [6.07, 6.45) is 1.15. The number of ether oxygens (including phenoxy) is 1. The van der Waals surface area contributed by atoms with E-state index in [0.717, 1.165) is 6.42 Å². The molecule has 0 aliphatic carbocycles. The van der Waals surface area contributed by atoms with Crippen LogP contribution in [0.25, 0.3) is 0 Å². The van der Waals surface area contributed by atoms with Gasteiger partial charge in [-0.05, 0) is 58.2 Å². The molecule has 11 heteroatoms. The molecule has 3 N–H and O–H groups in total. The number of alkyl carbamates (subject to hydrolysis) is 1. The van der Waals surface area contributed by atoms with Crippen LogP contribution in [-0.2, 0) is 14.3 Å². The number of nitriles is 1. The number of benzene rings is 1. The molecule has 0 saturated carbocycles. The van der Waals surface area contributed by atoms with Crippen molar-refractivity contribution in [3.8, 4) is 6.07 Å². The van der Waals surface area contributed by atoms with Gasteiger partial charge in [0.25, 0.3) is 0 Å². The van der Waals surface area contributed by atoms with Gasteiger partial charge in [-0.3, -0.25) is 19.3 Å². The molecule has 192 valence electrons. The predicted octanol–water partition coefficient (Wildman–Crippen LogP) is 0.983. The SMILES string of the molecule is CC(C)(C)OC(=O)N[C@@H](CN1C[C@H]2C[C@@H]1C(=O)N2c1cccc(C(N)=O)c1)C(=O)N1CCC[C@H]1C#N. The second kappa shape index (κ2) is 9.78. The summed E-state index contributed by atoms with van der Waals surface area (Å²) in [5.41, 5.74) is 5.58. The lowest BCUT2D eigenvalue weighted by molar-refractivity contribution is -0.135. The largest absolute Gasteiger partial charge is 0.444 e. The topological polar surface area (TPSA) is 149 Å². The molecule has 4 rings (SSSR count). The van der Waals surface area contributed by atoms with Crippen LogP contribution >= 0.6 is 0 Å². The number of hydrogen-bond acceptors (Lipinski definition) is 7. The summed E-state index contributed by atoms with van der Waals surface area (Å²) in [6, 6.07) is 6.72. The summed E-state index contributed by atoms with van der Waals surface area (Å²) in [5.74, 6) is -1.05. The van der Waals surface area contributed by atoms with Crippen LogP contribution in [0.3, 0.4) is 0 Å². The zero-order valence-electron chi connectivity index (χ0n) is 20.8. The van der Waals surface area contributed by atoms with Gasteiger partial charge in [0.1, 0.15) is 17.7 Å². The lowest BCUT2D eigenvalue weighted by Crippen LogP contribution is -2.59. The van der Waals surface area contributed by atoms with Gasteiger partial charge in [0.15, 0.2) is 0 Å². The van der Waals surface area contributed by atoms with Gasteiger partial charge in [0.05, 0.1) is 18.2 Å². The molecule has 4 amide bonds. The molecule has 3 heterocycles. The molecule has 3 fully saturated rings. The van der Waals surface area contributed by atoms with Gasteiger partial charge in [-0.15, -0.1) is 0 Å². The lowest BCUT2D eigenvalue weighted by atomic mass is 10.1. The Bertz CT molecular complexity index is 1110. The summed E-state index contributed by atoms with van der Waals surface area (Å²) in [7, 11) is 0. The van der Waals surface area contributed by atoms with Crippen LogP contribution in [0.1, 0.15) is 50.4 Å². The predicted molar refractivity (Wildman–Crippen MR) is 130 cm³/mol. The fourth-order valence-corrected chi connectivity index (χ4v) is 5.25. The van der Waals surface area contributed by atoms with E-state index in [1.807, 2.05) is 4.90 Å². The number of carbonyl (C=O) groups excluding carboxylic acids is 4. The highest BCUT2D eigenvalue weighted by atomic mass is 16.6. The van der Waals surface area contributed by atoms with E-state index in [9.17, 15) is 24.4 Å². The zero-order valence-corrected chi connectivity index (χ0v) is 20.8. The Morgan fingerprint density at radius 2 is 2.06 bits per heavy atom. The standard InChI is InChI=1S/C25H32N6O5/c1-25(2,3)36-24(35)28-19(22(33)30-9-5-8-17(30)12-26)14-29-13-18-11-20(29)23(34)31(18)16-7-4-6-15(10-16)21(27)32/h4,6-7,10,17-20H,5,8-9,11,13-14H2,1-3H3,(H2,27,32)(H,28,35)/t17-,18+,19-,20+/m0/s1. The number of rotatable bonds is 6. The van der Waals surface area contributed by atoms with Crippen LogP contribution in [0.5, 0.6) is 0 Å². The minimum Gasteiger partial charge on any atom is -0.444 e. The summed E-state index contributed by atoms with van der Waals surface area (Å²) in [4.78, 5) is 55.9. The monoisotopic (exact) mass is 496 g/mol. The number of nitrogens with two attached hydrogens (primary N) is 1. The van der Waals surface area contributed by atoms with E-state index < -0.39 is 35.7 Å². The van der Waals surface area contributed by atoms with Crippen molar-refractivity contribution in [3.05, 3.63) is 29.8 Å². The van der Waals surface area contributed by atoms with Gasteiger partial charge >= 0.3 is 6.09 Å². The summed E-state index contributed by atoms with van der Waals surface area (Å²) in [5, 5.41) is 12.1. The van der Waals surface area contributed by atoms with Crippen LogP contribution in [0.15, 0.2) is 24.3 Å². The third kappa shape index (κ3) is 5.14. The highest BCUT2D eigenvalue weighted by Gasteiger charge is 2.51. The van der Waals surface area contributed by atoms with E-state index in [2.05, 4.69) is 11.4 Å². The molecule has 0 aromatic heterocycles. The van der Waals surface area contributed by atoms with E-state index in [1.54, 1.807) is 49.9 Å². The Balaban J connectivity index is 1.50. The first-order valence-corrected chi connectivity index (χ1v) is 12.1. The number of hydrogen-bond donors (Lipinski definition) is 2. The molecular weight excluding hydrogens is 464 g/mol. The third-order valence-electron chi connectivity index (χ3n) is 6.77. The van der Waals surface area contributed by atoms with E-state index >= 15 is 0 Å². The summed E-state index contributed by atoms with van der Waals surface area (Å²) in [6.45, 7) is 6.26. The Labute approximate surface area is 210 Å². The quantitative estimate of drug-likeness (QED) is 0.596. The van der Waals surface area contributed by atoms with Gasteiger partial charge in [-0.2, -0.15) is 5.26 Å². The number of anilines is 1. The highest BCUT2D eigenvalue weighted by Crippen LogP contribution is 2.36.